The Morgan fingerprint density at radius 1 is 0.932 bits per heavy atom. The van der Waals surface area contributed by atoms with Gasteiger partial charge in [0.25, 0.3) is 0 Å². The molecule has 2 aliphatic carbocycles. The van der Waals surface area contributed by atoms with Crippen molar-refractivity contribution in [3.63, 3.8) is 0 Å². The van der Waals surface area contributed by atoms with Gasteiger partial charge >= 0.3 is 0 Å². The molecule has 1 heterocycles. The molecule has 0 radical (unpaired) electrons. The summed E-state index contributed by atoms with van der Waals surface area (Å²) in [6.07, 6.45) is 12.9. The number of sulfonamides is 1. The number of likely N-dealkylation sites (N-methyl/N-ethyl adjacent to an activating group) is 1. The molecule has 3 rings (SSSR count). The molecule has 0 aromatic rings. The number of nitrogens with two attached hydrogens (primary N) is 2. The Morgan fingerprint density at radius 3 is 2.32 bits per heavy atom. The lowest BCUT2D eigenvalue weighted by molar-refractivity contribution is -0.131. The van der Waals surface area contributed by atoms with Crippen molar-refractivity contribution in [2.24, 2.45) is 17.4 Å². The fourth-order valence-corrected chi connectivity index (χ4v) is 9.98. The predicted molar refractivity (Wildman–Crippen MR) is 224 cm³/mol. The molecule has 0 spiro atoms. The summed E-state index contributed by atoms with van der Waals surface area (Å²) in [7, 11) is 0.0313. The van der Waals surface area contributed by atoms with Crippen molar-refractivity contribution in [1.29, 1.82) is 0 Å². The summed E-state index contributed by atoms with van der Waals surface area (Å²) < 4.78 is 40.0. The standard InChI is InChI=1S/C38H63N9O10S2/c1-47(2)30-9-5-8-27-26(30)7-6-11-32(27)59(54,55)45-16-15-35(51)46-28(13-14-33(39)49)38(53)43-23-36(52)42-18-20-57-22-21-56-19-17-41-34(50)12-4-3-10-31-37(40)29(24-58-31)44-25-48/h5-9,25-26,28-32,37,45H,3-4,10-24,40H2,1-2H3,(H2,39,49)(H,41,50)(H,42,52)(H,43,53)(H,44,48)(H,46,51)/t26?,28?,29-,30?,31-,32?,37-/m0/s1. The van der Waals surface area contributed by atoms with E-state index >= 15 is 0 Å². The first-order valence-electron chi connectivity index (χ1n) is 20.0. The summed E-state index contributed by atoms with van der Waals surface area (Å²) in [5, 5.41) is 12.6. The van der Waals surface area contributed by atoms with Gasteiger partial charge in [-0.1, -0.05) is 36.8 Å². The molecule has 1 saturated heterocycles. The van der Waals surface area contributed by atoms with Gasteiger partial charge in [-0.15, -0.1) is 0 Å². The minimum absolute atomic E-state index is 0.00149. The van der Waals surface area contributed by atoms with Gasteiger partial charge in [-0.25, -0.2) is 13.1 Å². The number of nitrogens with zero attached hydrogens (tertiary/aromatic N) is 1. The van der Waals surface area contributed by atoms with E-state index in [9.17, 15) is 37.2 Å². The van der Waals surface area contributed by atoms with Crippen LogP contribution in [0.15, 0.2) is 36.0 Å². The molecule has 1 fully saturated rings. The average Bonchev–Trinajstić information content (AvgIpc) is 3.54. The largest absolute Gasteiger partial charge is 0.377 e. The quantitative estimate of drug-likeness (QED) is 0.0228. The second-order valence-electron chi connectivity index (χ2n) is 14.7. The van der Waals surface area contributed by atoms with Crippen LogP contribution in [0.2, 0.25) is 0 Å². The van der Waals surface area contributed by atoms with Crippen molar-refractivity contribution in [3.8, 4) is 0 Å². The second kappa shape index (κ2) is 26.4. The van der Waals surface area contributed by atoms with Crippen LogP contribution in [0.1, 0.15) is 51.4 Å². The number of unbranched alkanes of at least 4 members (excludes halogenated alkanes) is 1. The summed E-state index contributed by atoms with van der Waals surface area (Å²) in [6, 6.07) is -1.24. The van der Waals surface area contributed by atoms with Crippen molar-refractivity contribution in [1.82, 2.24) is 36.2 Å². The minimum atomic E-state index is -3.84. The Labute approximate surface area is 351 Å². The molecule has 1 aliphatic heterocycles. The monoisotopic (exact) mass is 869 g/mol. The van der Waals surface area contributed by atoms with Gasteiger partial charge < -0.3 is 52.4 Å². The number of primary amides is 1. The average molecular weight is 870 g/mol. The van der Waals surface area contributed by atoms with Gasteiger partial charge in [0.05, 0.1) is 39.0 Å². The normalized spacial score (nSPS) is 22.8. The molecule has 3 aliphatic rings. The van der Waals surface area contributed by atoms with E-state index in [2.05, 4.69) is 31.3 Å². The molecular weight excluding hydrogens is 807 g/mol. The molecule has 21 heteroatoms. The van der Waals surface area contributed by atoms with Gasteiger partial charge in [0.15, 0.2) is 0 Å². The number of hydrogen-bond donors (Lipinski definition) is 8. The van der Waals surface area contributed by atoms with Crippen LogP contribution in [0.5, 0.6) is 0 Å². The molecule has 0 aromatic carbocycles. The van der Waals surface area contributed by atoms with E-state index in [1.165, 1.54) is 0 Å². The van der Waals surface area contributed by atoms with Crippen molar-refractivity contribution < 1.29 is 46.7 Å². The first-order valence-corrected chi connectivity index (χ1v) is 22.6. The van der Waals surface area contributed by atoms with E-state index in [1.54, 1.807) is 11.8 Å². The third kappa shape index (κ3) is 17.7. The zero-order valence-electron chi connectivity index (χ0n) is 34.0. The van der Waals surface area contributed by atoms with Crippen LogP contribution in [0.3, 0.4) is 0 Å². The summed E-state index contributed by atoms with van der Waals surface area (Å²) in [4.78, 5) is 74.2. The minimum Gasteiger partial charge on any atom is -0.377 e. The molecule has 0 saturated carbocycles. The predicted octanol–water partition coefficient (Wildman–Crippen LogP) is -2.08. The molecule has 7 atom stereocenters. The zero-order valence-corrected chi connectivity index (χ0v) is 35.7. The Morgan fingerprint density at radius 2 is 1.64 bits per heavy atom. The third-order valence-electron chi connectivity index (χ3n) is 10.1. The first kappa shape index (κ1) is 49.5. The Hall–Kier alpha value is -3.86. The summed E-state index contributed by atoms with van der Waals surface area (Å²) >= 11 is 1.76. The SMILES string of the molecule is CN(C)C1C=CC=C2C1C=CCC2S(=O)(=O)NCCC(=O)NC(CCC(N)=O)C(=O)NCC(=O)NCCOCCOCCNC(=O)CCCC[C@@H]1SC[C@H](NC=O)[C@@H]1N. The lowest BCUT2D eigenvalue weighted by Gasteiger charge is -2.37. The van der Waals surface area contributed by atoms with Crippen LogP contribution in [0.25, 0.3) is 0 Å². The highest BCUT2D eigenvalue weighted by atomic mass is 32.2. The molecule has 59 heavy (non-hydrogen) atoms. The topological polar surface area (TPSA) is 282 Å². The fourth-order valence-electron chi connectivity index (χ4n) is 6.92. The fraction of sp³-hybridized carbons (Fsp3) is 0.684. The van der Waals surface area contributed by atoms with Gasteiger partial charge in [0.1, 0.15) is 11.3 Å². The first-order chi connectivity index (χ1) is 28.2. The molecule has 4 unspecified atom stereocenters. The summed E-state index contributed by atoms with van der Waals surface area (Å²) in [6.45, 7) is 0.967. The maximum absolute atomic E-state index is 13.3. The van der Waals surface area contributed by atoms with Gasteiger partial charge in [-0.3, -0.25) is 28.8 Å². The lowest BCUT2D eigenvalue weighted by Crippen LogP contribution is -2.50. The number of allylic oxidation sites excluding steroid dienone is 3. The van der Waals surface area contributed by atoms with Gasteiger partial charge in [0, 0.05) is 67.9 Å². The van der Waals surface area contributed by atoms with E-state index in [0.29, 0.717) is 32.4 Å². The number of ether oxygens (including phenoxy) is 2. The third-order valence-corrected chi connectivity index (χ3v) is 13.5. The summed E-state index contributed by atoms with van der Waals surface area (Å²) in [5.74, 6) is -1.86. The van der Waals surface area contributed by atoms with E-state index < -0.39 is 51.5 Å². The van der Waals surface area contributed by atoms with Crippen molar-refractivity contribution in [2.45, 2.75) is 86.0 Å². The number of nitrogens with one attached hydrogen (secondary N) is 6. The number of hydrogen-bond acceptors (Lipinski definition) is 13. The van der Waals surface area contributed by atoms with Crippen LogP contribution < -0.4 is 42.8 Å². The smallest absolute Gasteiger partial charge is 0.243 e. The van der Waals surface area contributed by atoms with Gasteiger partial charge in [-0.2, -0.15) is 11.8 Å². The van der Waals surface area contributed by atoms with Crippen LogP contribution in [0.4, 0.5) is 0 Å². The molecule has 332 valence electrons. The highest BCUT2D eigenvalue weighted by Crippen LogP contribution is 2.35. The number of amides is 6. The number of carbonyl (C=O) groups is 6. The zero-order chi connectivity index (χ0) is 43.2. The Kier molecular flexibility index (Phi) is 22.1. The van der Waals surface area contributed by atoms with Gasteiger partial charge in [0.2, 0.25) is 46.0 Å². The summed E-state index contributed by atoms with van der Waals surface area (Å²) in [5.41, 5.74) is 12.2. The van der Waals surface area contributed by atoms with E-state index in [1.807, 2.05) is 49.4 Å². The molecule has 0 aromatic heterocycles. The lowest BCUT2D eigenvalue weighted by atomic mass is 9.80. The van der Waals surface area contributed by atoms with Crippen molar-refractivity contribution >= 4 is 57.7 Å². The molecule has 19 nitrogen and oxygen atoms in total. The van der Waals surface area contributed by atoms with Crippen molar-refractivity contribution in [3.05, 3.63) is 36.0 Å². The van der Waals surface area contributed by atoms with E-state index in [4.69, 9.17) is 20.9 Å². The van der Waals surface area contributed by atoms with E-state index in [0.717, 1.165) is 30.6 Å². The Bertz CT molecular complexity index is 1610. The molecular formula is C38H63N9O10S2. The maximum atomic E-state index is 13.3. The second-order valence-corrected chi connectivity index (χ2v) is 17.9. The highest BCUT2D eigenvalue weighted by molar-refractivity contribution is 8.00. The van der Waals surface area contributed by atoms with E-state index in [-0.39, 0.29) is 87.4 Å². The molecule has 0 bridgehead atoms. The van der Waals surface area contributed by atoms with Crippen LogP contribution in [-0.4, -0.2) is 156 Å². The van der Waals surface area contributed by atoms with Crippen LogP contribution in [0, 0.1) is 5.92 Å². The maximum Gasteiger partial charge on any atom is 0.243 e. The number of thioether (sulfide) groups is 1. The Balaban J connectivity index is 1.23. The number of rotatable bonds is 29. The highest BCUT2D eigenvalue weighted by Gasteiger charge is 2.38. The molecule has 10 N–H and O–H groups in total. The van der Waals surface area contributed by atoms with Crippen LogP contribution in [-0.2, 0) is 48.3 Å². The van der Waals surface area contributed by atoms with Crippen molar-refractivity contribution in [2.75, 3.05) is 72.5 Å². The number of fused-ring (bicyclic) bond motifs is 1. The number of carbonyl (C=O) groups excluding carboxylic acids is 6. The van der Waals surface area contributed by atoms with Gasteiger partial charge in [-0.05, 0) is 45.4 Å². The molecule has 6 amide bonds. The van der Waals surface area contributed by atoms with Crippen LogP contribution >= 0.6 is 11.8 Å².